The van der Waals surface area contributed by atoms with E-state index in [9.17, 15) is 22.8 Å². The summed E-state index contributed by atoms with van der Waals surface area (Å²) in [5.41, 5.74) is 1.70. The molecule has 0 aliphatic carbocycles. The van der Waals surface area contributed by atoms with Gasteiger partial charge in [0.15, 0.2) is 5.82 Å². The number of hydrogen-bond donors (Lipinski definition) is 3. The number of rotatable bonds is 7. The third-order valence-corrected chi connectivity index (χ3v) is 6.10. The minimum atomic E-state index is -4.81. The third kappa shape index (κ3) is 5.37. The van der Waals surface area contributed by atoms with Crippen LogP contribution in [0.1, 0.15) is 45.0 Å². The number of H-pyrrole nitrogens is 1. The number of carbonyl (C=O) groups is 2. The Balaban J connectivity index is 1.46. The molecule has 0 aliphatic rings. The average molecular weight is 488 g/mol. The molecule has 0 bridgehead atoms. The van der Waals surface area contributed by atoms with Crippen molar-refractivity contribution in [1.82, 2.24) is 15.5 Å². The summed E-state index contributed by atoms with van der Waals surface area (Å²) in [6, 6.07) is 15.7. The molecule has 7 nitrogen and oxygen atoms in total. The molecular weight excluding hydrogens is 469 g/mol. The molecule has 0 saturated heterocycles. The number of aromatic amines is 1. The van der Waals surface area contributed by atoms with Crippen molar-refractivity contribution in [3.05, 3.63) is 76.7 Å². The lowest BCUT2D eigenvalue weighted by molar-refractivity contribution is -0.274. The van der Waals surface area contributed by atoms with Crippen LogP contribution in [-0.4, -0.2) is 28.4 Å². The molecule has 2 heterocycles. The van der Waals surface area contributed by atoms with E-state index in [0.29, 0.717) is 21.5 Å². The van der Waals surface area contributed by atoms with Crippen molar-refractivity contribution in [3.63, 3.8) is 0 Å². The second-order valence-corrected chi connectivity index (χ2v) is 8.35. The van der Waals surface area contributed by atoms with E-state index in [0.717, 1.165) is 17.7 Å². The molecule has 4 rings (SSSR count). The van der Waals surface area contributed by atoms with Gasteiger partial charge in [0.2, 0.25) is 0 Å². The fourth-order valence-electron chi connectivity index (χ4n) is 3.34. The predicted molar refractivity (Wildman–Crippen MR) is 122 cm³/mol. The molecule has 4 aromatic rings. The first kappa shape index (κ1) is 23.3. The van der Waals surface area contributed by atoms with Crippen molar-refractivity contribution in [2.45, 2.75) is 25.7 Å². The number of ether oxygens (including phenoxy) is 1. The molecule has 0 aliphatic heterocycles. The topological polar surface area (TPSA) is 96.1 Å². The molecular formula is C23H19F3N4O3S. The summed E-state index contributed by atoms with van der Waals surface area (Å²) in [7, 11) is 0. The number of nitrogens with one attached hydrogen (secondary N) is 3. The molecule has 176 valence electrons. The molecule has 0 fully saturated rings. The molecule has 0 radical (unpaired) electrons. The highest BCUT2D eigenvalue weighted by Crippen LogP contribution is 2.31. The van der Waals surface area contributed by atoms with Crippen LogP contribution in [0.5, 0.6) is 5.75 Å². The van der Waals surface area contributed by atoms with E-state index in [4.69, 9.17) is 0 Å². The molecule has 2 amide bonds. The quantitative estimate of drug-likeness (QED) is 0.313. The SMILES string of the molecule is CC[C@@H](NC(=O)c1cc2[nH]nc(NC(=O)c3ccc(OC(F)(F)F)cc3)c2s1)c1ccccc1. The van der Waals surface area contributed by atoms with Gasteiger partial charge < -0.3 is 15.4 Å². The number of halogens is 3. The van der Waals surface area contributed by atoms with E-state index >= 15 is 0 Å². The maximum absolute atomic E-state index is 12.8. The monoisotopic (exact) mass is 488 g/mol. The zero-order chi connectivity index (χ0) is 24.3. The van der Waals surface area contributed by atoms with Gasteiger partial charge in [0, 0.05) is 5.56 Å². The molecule has 2 aromatic heterocycles. The van der Waals surface area contributed by atoms with Crippen molar-refractivity contribution in [1.29, 1.82) is 0 Å². The minimum Gasteiger partial charge on any atom is -0.406 e. The minimum absolute atomic E-state index is 0.119. The zero-order valence-corrected chi connectivity index (χ0v) is 18.6. The summed E-state index contributed by atoms with van der Waals surface area (Å²) in [6.07, 6.45) is -4.10. The van der Waals surface area contributed by atoms with Gasteiger partial charge in [-0.25, -0.2) is 0 Å². The van der Waals surface area contributed by atoms with Gasteiger partial charge in [0.1, 0.15) is 5.75 Å². The molecule has 0 unspecified atom stereocenters. The number of anilines is 1. The smallest absolute Gasteiger partial charge is 0.406 e. The van der Waals surface area contributed by atoms with E-state index in [-0.39, 0.29) is 23.3 Å². The third-order valence-electron chi connectivity index (χ3n) is 4.96. The lowest BCUT2D eigenvalue weighted by atomic mass is 10.0. The van der Waals surface area contributed by atoms with Gasteiger partial charge in [-0.05, 0) is 42.3 Å². The molecule has 2 aromatic carbocycles. The van der Waals surface area contributed by atoms with Gasteiger partial charge in [-0.2, -0.15) is 5.10 Å². The van der Waals surface area contributed by atoms with E-state index in [1.165, 1.54) is 23.5 Å². The lowest BCUT2D eigenvalue weighted by Gasteiger charge is -2.16. The maximum atomic E-state index is 12.8. The molecule has 3 N–H and O–H groups in total. The van der Waals surface area contributed by atoms with Crippen LogP contribution in [0.15, 0.2) is 60.7 Å². The van der Waals surface area contributed by atoms with Crippen molar-refractivity contribution in [2.75, 3.05) is 5.32 Å². The summed E-state index contributed by atoms with van der Waals surface area (Å²) >= 11 is 1.17. The van der Waals surface area contributed by atoms with Gasteiger partial charge >= 0.3 is 6.36 Å². The van der Waals surface area contributed by atoms with Gasteiger partial charge in [0.25, 0.3) is 11.8 Å². The molecule has 0 spiro atoms. The zero-order valence-electron chi connectivity index (χ0n) is 17.8. The molecule has 34 heavy (non-hydrogen) atoms. The molecule has 1 atom stereocenters. The Bertz CT molecular complexity index is 1300. The first-order valence-corrected chi connectivity index (χ1v) is 11.1. The fraction of sp³-hybridized carbons (Fsp3) is 0.174. The normalized spacial score (nSPS) is 12.4. The summed E-state index contributed by atoms with van der Waals surface area (Å²) < 4.78 is 41.3. The lowest BCUT2D eigenvalue weighted by Crippen LogP contribution is -2.27. The predicted octanol–water partition coefficient (Wildman–Crippen LogP) is 5.66. The highest BCUT2D eigenvalue weighted by molar-refractivity contribution is 7.21. The Hall–Kier alpha value is -3.86. The van der Waals surface area contributed by atoms with Crippen LogP contribution in [0.2, 0.25) is 0 Å². The van der Waals surface area contributed by atoms with Crippen molar-refractivity contribution < 1.29 is 27.5 Å². The second-order valence-electron chi connectivity index (χ2n) is 7.30. The Morgan fingerprint density at radius 1 is 1.09 bits per heavy atom. The summed E-state index contributed by atoms with van der Waals surface area (Å²) in [6.45, 7) is 1.98. The highest BCUT2D eigenvalue weighted by Gasteiger charge is 2.31. The van der Waals surface area contributed by atoms with E-state index in [1.54, 1.807) is 6.07 Å². The number of alkyl halides is 3. The fourth-order valence-corrected chi connectivity index (χ4v) is 4.29. The van der Waals surface area contributed by atoms with Crippen LogP contribution in [-0.2, 0) is 0 Å². The Kier molecular flexibility index (Phi) is 6.55. The number of nitrogens with zero attached hydrogens (tertiary/aromatic N) is 1. The first-order valence-electron chi connectivity index (χ1n) is 10.2. The van der Waals surface area contributed by atoms with Crippen LogP contribution in [0.4, 0.5) is 19.0 Å². The summed E-state index contributed by atoms with van der Waals surface area (Å²) in [5.74, 6) is -1.03. The van der Waals surface area contributed by atoms with Crippen molar-refractivity contribution in [2.24, 2.45) is 0 Å². The van der Waals surface area contributed by atoms with E-state index < -0.39 is 18.0 Å². The number of carbonyl (C=O) groups excluding carboxylic acids is 2. The molecule has 0 saturated carbocycles. The van der Waals surface area contributed by atoms with Gasteiger partial charge in [-0.1, -0.05) is 37.3 Å². The van der Waals surface area contributed by atoms with Gasteiger partial charge in [0.05, 0.1) is 21.1 Å². The highest BCUT2D eigenvalue weighted by atomic mass is 32.1. The Morgan fingerprint density at radius 2 is 1.79 bits per heavy atom. The van der Waals surface area contributed by atoms with Crippen LogP contribution >= 0.6 is 11.3 Å². The first-order chi connectivity index (χ1) is 16.2. The average Bonchev–Trinajstić information content (AvgIpc) is 3.39. The van der Waals surface area contributed by atoms with Crippen molar-refractivity contribution in [3.8, 4) is 5.75 Å². The number of fused-ring (bicyclic) bond motifs is 1. The van der Waals surface area contributed by atoms with Crippen LogP contribution < -0.4 is 15.4 Å². The van der Waals surface area contributed by atoms with Gasteiger partial charge in [-0.3, -0.25) is 14.7 Å². The van der Waals surface area contributed by atoms with Crippen molar-refractivity contribution >= 4 is 39.2 Å². The largest absolute Gasteiger partial charge is 0.573 e. The number of aromatic nitrogens is 2. The Labute approximate surface area is 195 Å². The van der Waals surface area contributed by atoms with Crippen LogP contribution in [0.3, 0.4) is 0 Å². The summed E-state index contributed by atoms with van der Waals surface area (Å²) in [5, 5.41) is 12.5. The standard InChI is InChI=1S/C23H19F3N4O3S/c1-2-16(13-6-4-3-5-7-13)27-22(32)18-12-17-19(34-18)20(30-29-17)28-21(31)14-8-10-15(11-9-14)33-23(24,25)26/h3-12,16H,2H2,1H3,(H,27,32)(H2,28,29,30,31)/t16-/m1/s1. The number of amides is 2. The van der Waals surface area contributed by atoms with E-state index in [1.807, 2.05) is 37.3 Å². The van der Waals surface area contributed by atoms with Crippen LogP contribution in [0.25, 0.3) is 10.2 Å². The number of hydrogen-bond acceptors (Lipinski definition) is 5. The summed E-state index contributed by atoms with van der Waals surface area (Å²) in [4.78, 5) is 25.8. The van der Waals surface area contributed by atoms with Crippen LogP contribution in [0, 0.1) is 0 Å². The number of benzene rings is 2. The Morgan fingerprint density at radius 3 is 2.44 bits per heavy atom. The van der Waals surface area contributed by atoms with E-state index in [2.05, 4.69) is 25.6 Å². The maximum Gasteiger partial charge on any atom is 0.573 e. The second kappa shape index (κ2) is 9.56. The molecule has 11 heteroatoms. The number of thiophene rings is 1. The van der Waals surface area contributed by atoms with Gasteiger partial charge in [-0.15, -0.1) is 24.5 Å².